The highest BCUT2D eigenvalue weighted by Crippen LogP contribution is 2.30. The maximum Gasteiger partial charge on any atom is 0.417 e. The summed E-state index contributed by atoms with van der Waals surface area (Å²) in [6, 6.07) is 9.77. The predicted octanol–water partition coefficient (Wildman–Crippen LogP) is 5.75. The highest BCUT2D eigenvalue weighted by atomic mass is 19.4. The van der Waals surface area contributed by atoms with Crippen molar-refractivity contribution < 1.29 is 22.7 Å². The topological polar surface area (TPSA) is 38.3 Å². The molecule has 128 valence electrons. The van der Waals surface area contributed by atoms with Gasteiger partial charge in [0.2, 0.25) is 0 Å². The minimum absolute atomic E-state index is 0.227. The Labute approximate surface area is 138 Å². The first-order valence-electron chi connectivity index (χ1n) is 7.43. The van der Waals surface area contributed by atoms with Crippen molar-refractivity contribution in [1.82, 2.24) is 0 Å². The van der Waals surface area contributed by atoms with E-state index in [9.17, 15) is 18.0 Å². The second-order valence-corrected chi connectivity index (χ2v) is 5.77. The molecule has 0 saturated carbocycles. The number of nitrogens with one attached hydrogen (secondary N) is 1. The Balaban J connectivity index is 2.07. The normalized spacial score (nSPS) is 11.5. The molecule has 3 nitrogen and oxygen atoms in total. The first-order valence-corrected chi connectivity index (χ1v) is 7.43. The van der Waals surface area contributed by atoms with Crippen LogP contribution >= 0.6 is 0 Å². The first-order chi connectivity index (χ1) is 11.2. The summed E-state index contributed by atoms with van der Waals surface area (Å²) in [5, 5.41) is 2.42. The number of carbonyl (C=O) groups is 1. The van der Waals surface area contributed by atoms with E-state index in [1.54, 1.807) is 6.07 Å². The molecule has 2 rings (SSSR count). The summed E-state index contributed by atoms with van der Waals surface area (Å²) in [6.45, 7) is 5.86. The van der Waals surface area contributed by atoms with Crippen molar-refractivity contribution in [2.24, 2.45) is 0 Å². The third-order valence-electron chi connectivity index (χ3n) is 3.54. The minimum Gasteiger partial charge on any atom is -0.410 e. The van der Waals surface area contributed by atoms with E-state index >= 15 is 0 Å². The number of hydrogen-bond donors (Lipinski definition) is 1. The van der Waals surface area contributed by atoms with Crippen LogP contribution in [0, 0.1) is 6.92 Å². The van der Waals surface area contributed by atoms with Gasteiger partial charge in [-0.15, -0.1) is 0 Å². The van der Waals surface area contributed by atoms with Crippen LogP contribution in [-0.4, -0.2) is 6.09 Å². The average Bonchev–Trinajstić information content (AvgIpc) is 2.48. The minimum atomic E-state index is -4.41. The van der Waals surface area contributed by atoms with Gasteiger partial charge in [-0.05, 0) is 54.3 Å². The van der Waals surface area contributed by atoms with Gasteiger partial charge in [-0.3, -0.25) is 5.32 Å². The van der Waals surface area contributed by atoms with Crippen LogP contribution in [0.2, 0.25) is 0 Å². The third kappa shape index (κ3) is 4.50. The van der Waals surface area contributed by atoms with Gasteiger partial charge in [0.05, 0.1) is 5.56 Å². The summed E-state index contributed by atoms with van der Waals surface area (Å²) in [5.41, 5.74) is 1.27. The summed E-state index contributed by atoms with van der Waals surface area (Å²) in [7, 11) is 0. The Bertz CT molecular complexity index is 722. The van der Waals surface area contributed by atoms with Gasteiger partial charge < -0.3 is 4.74 Å². The summed E-state index contributed by atoms with van der Waals surface area (Å²) in [4.78, 5) is 11.9. The molecule has 0 aliphatic rings. The van der Waals surface area contributed by atoms with Gasteiger partial charge in [0.25, 0.3) is 0 Å². The van der Waals surface area contributed by atoms with E-state index in [0.29, 0.717) is 5.75 Å². The van der Waals surface area contributed by atoms with Gasteiger partial charge in [-0.2, -0.15) is 13.2 Å². The molecule has 0 atom stereocenters. The van der Waals surface area contributed by atoms with Crippen LogP contribution in [-0.2, 0) is 6.18 Å². The number of rotatable bonds is 3. The zero-order valence-electron chi connectivity index (χ0n) is 13.6. The van der Waals surface area contributed by atoms with Crippen LogP contribution in [0.25, 0.3) is 0 Å². The number of hydrogen-bond acceptors (Lipinski definition) is 2. The maximum atomic E-state index is 12.5. The average molecular weight is 337 g/mol. The van der Waals surface area contributed by atoms with Crippen LogP contribution in [0.5, 0.6) is 5.75 Å². The molecule has 24 heavy (non-hydrogen) atoms. The zero-order chi connectivity index (χ0) is 17.9. The van der Waals surface area contributed by atoms with Crippen molar-refractivity contribution in [2.75, 3.05) is 5.32 Å². The van der Waals surface area contributed by atoms with Gasteiger partial charge in [-0.25, -0.2) is 4.79 Å². The van der Waals surface area contributed by atoms with Crippen LogP contribution in [0.1, 0.15) is 36.5 Å². The lowest BCUT2D eigenvalue weighted by Gasteiger charge is -2.12. The van der Waals surface area contributed by atoms with E-state index in [1.165, 1.54) is 12.1 Å². The van der Waals surface area contributed by atoms with Gasteiger partial charge >= 0.3 is 12.3 Å². The van der Waals surface area contributed by atoms with E-state index in [-0.39, 0.29) is 11.6 Å². The third-order valence-corrected chi connectivity index (χ3v) is 3.54. The molecule has 0 fully saturated rings. The van der Waals surface area contributed by atoms with Crippen LogP contribution < -0.4 is 10.1 Å². The molecular formula is C18H18F3NO2. The van der Waals surface area contributed by atoms with Crippen molar-refractivity contribution in [1.29, 1.82) is 0 Å². The van der Waals surface area contributed by atoms with Crippen molar-refractivity contribution >= 4 is 11.8 Å². The number of carbonyl (C=O) groups excluding carboxylic acids is 1. The standard InChI is InChI=1S/C18H18F3NO2/c1-11(2)13-5-4-12(3)16(10-13)24-17(23)22-15-8-6-14(7-9-15)18(19,20)21/h4-11H,1-3H3,(H,22,23). The first kappa shape index (κ1) is 17.8. The van der Waals surface area contributed by atoms with Crippen molar-refractivity contribution in [3.63, 3.8) is 0 Å². The number of alkyl halides is 3. The second-order valence-electron chi connectivity index (χ2n) is 5.77. The molecule has 0 aromatic heterocycles. The summed E-state index contributed by atoms with van der Waals surface area (Å²) >= 11 is 0. The Morgan fingerprint density at radius 2 is 1.71 bits per heavy atom. The molecule has 0 spiro atoms. The smallest absolute Gasteiger partial charge is 0.410 e. The molecule has 0 heterocycles. The van der Waals surface area contributed by atoms with Crippen LogP contribution in [0.3, 0.4) is 0 Å². The van der Waals surface area contributed by atoms with Gasteiger partial charge in [0.1, 0.15) is 5.75 Å². The lowest BCUT2D eigenvalue weighted by atomic mass is 10.0. The monoisotopic (exact) mass is 337 g/mol. The highest BCUT2D eigenvalue weighted by molar-refractivity contribution is 5.86. The fourth-order valence-corrected chi connectivity index (χ4v) is 2.07. The van der Waals surface area contributed by atoms with Crippen molar-refractivity contribution in [3.8, 4) is 5.75 Å². The van der Waals surface area contributed by atoms with Crippen molar-refractivity contribution in [3.05, 3.63) is 59.2 Å². The number of benzene rings is 2. The fourth-order valence-electron chi connectivity index (χ4n) is 2.07. The molecular weight excluding hydrogens is 319 g/mol. The molecule has 2 aromatic rings. The predicted molar refractivity (Wildman–Crippen MR) is 86.4 cm³/mol. The molecule has 0 saturated heterocycles. The number of halogens is 3. The van der Waals surface area contributed by atoms with Gasteiger partial charge in [0.15, 0.2) is 0 Å². The molecule has 0 aliphatic carbocycles. The van der Waals surface area contributed by atoms with E-state index in [1.807, 2.05) is 32.9 Å². The van der Waals surface area contributed by atoms with Crippen molar-refractivity contribution in [2.45, 2.75) is 32.9 Å². The van der Waals surface area contributed by atoms with E-state index in [2.05, 4.69) is 5.32 Å². The molecule has 0 radical (unpaired) electrons. The molecule has 0 unspecified atom stereocenters. The summed E-state index contributed by atoms with van der Waals surface area (Å²) < 4.78 is 42.8. The molecule has 1 amide bonds. The Morgan fingerprint density at radius 1 is 1.08 bits per heavy atom. The van der Waals surface area contributed by atoms with Gasteiger partial charge in [-0.1, -0.05) is 26.0 Å². The zero-order valence-corrected chi connectivity index (χ0v) is 13.6. The number of aryl methyl sites for hydroxylation is 1. The number of anilines is 1. The molecule has 1 N–H and O–H groups in total. The molecule has 0 bridgehead atoms. The highest BCUT2D eigenvalue weighted by Gasteiger charge is 2.30. The van der Waals surface area contributed by atoms with Crippen LogP contribution in [0.4, 0.5) is 23.7 Å². The van der Waals surface area contributed by atoms with E-state index in [0.717, 1.165) is 23.3 Å². The SMILES string of the molecule is Cc1ccc(C(C)C)cc1OC(=O)Nc1ccc(C(F)(F)F)cc1. The number of ether oxygens (including phenoxy) is 1. The molecule has 6 heteroatoms. The van der Waals surface area contributed by atoms with Gasteiger partial charge in [0, 0.05) is 5.69 Å². The molecule has 2 aromatic carbocycles. The summed E-state index contributed by atoms with van der Waals surface area (Å²) in [5.74, 6) is 0.705. The Kier molecular flexibility index (Phi) is 5.17. The van der Waals surface area contributed by atoms with E-state index in [4.69, 9.17) is 4.74 Å². The Morgan fingerprint density at radius 3 is 2.25 bits per heavy atom. The van der Waals surface area contributed by atoms with E-state index < -0.39 is 17.8 Å². The Hall–Kier alpha value is -2.50. The number of amides is 1. The largest absolute Gasteiger partial charge is 0.417 e. The summed E-state index contributed by atoms with van der Waals surface area (Å²) in [6.07, 6.45) is -5.16. The quantitative estimate of drug-likeness (QED) is 0.774. The lowest BCUT2D eigenvalue weighted by molar-refractivity contribution is -0.137. The maximum absolute atomic E-state index is 12.5. The lowest BCUT2D eigenvalue weighted by Crippen LogP contribution is -2.17. The van der Waals surface area contributed by atoms with Crippen LogP contribution in [0.15, 0.2) is 42.5 Å². The fraction of sp³-hybridized carbons (Fsp3) is 0.278. The molecule has 0 aliphatic heterocycles. The second kappa shape index (κ2) is 6.95.